The molecular weight excluding hydrogens is 150 g/mol. The minimum absolute atomic E-state index is 0.367. The first kappa shape index (κ1) is 8.52. The molecule has 0 aromatic heterocycles. The molecule has 0 amide bonds. The summed E-state index contributed by atoms with van der Waals surface area (Å²) in [6.45, 7) is 11.5. The number of hydrogen-bond acceptors (Lipinski definition) is 2. The molecule has 2 rings (SSSR count). The van der Waals surface area contributed by atoms with Crippen molar-refractivity contribution in [2.75, 3.05) is 13.1 Å². The van der Waals surface area contributed by atoms with E-state index in [0.29, 0.717) is 23.7 Å². The number of hydrogen-bond donors (Lipinski definition) is 0. The van der Waals surface area contributed by atoms with Crippen molar-refractivity contribution in [2.45, 2.75) is 45.9 Å². The number of likely N-dealkylation sites (tertiary alicyclic amines) is 1. The summed E-state index contributed by atoms with van der Waals surface area (Å²) in [5, 5.41) is 0. The van der Waals surface area contributed by atoms with Gasteiger partial charge in [-0.25, -0.2) is 0 Å². The molecule has 12 heavy (non-hydrogen) atoms. The van der Waals surface area contributed by atoms with E-state index in [1.165, 1.54) is 0 Å². The van der Waals surface area contributed by atoms with Gasteiger partial charge in [-0.2, -0.15) is 0 Å². The van der Waals surface area contributed by atoms with Crippen molar-refractivity contribution in [3.8, 4) is 0 Å². The molecule has 0 spiro atoms. The maximum absolute atomic E-state index is 5.58. The van der Waals surface area contributed by atoms with Crippen molar-refractivity contribution < 1.29 is 4.74 Å². The molecule has 2 aliphatic rings. The van der Waals surface area contributed by atoms with Crippen LogP contribution in [-0.2, 0) is 4.74 Å². The van der Waals surface area contributed by atoms with Crippen LogP contribution in [0.1, 0.15) is 27.7 Å². The van der Waals surface area contributed by atoms with Gasteiger partial charge in [0.1, 0.15) is 6.10 Å². The maximum atomic E-state index is 5.58. The Labute approximate surface area is 74.9 Å². The summed E-state index contributed by atoms with van der Waals surface area (Å²) in [6.07, 6.45) is 1.11. The summed E-state index contributed by atoms with van der Waals surface area (Å²) in [4.78, 5) is 2.55. The van der Waals surface area contributed by atoms with E-state index in [1.54, 1.807) is 0 Å². The average Bonchev–Trinajstić information content (AvgIpc) is 2.58. The average molecular weight is 169 g/mol. The molecule has 0 aromatic rings. The molecule has 2 fully saturated rings. The molecule has 70 valence electrons. The molecular formula is C10H19NO. The van der Waals surface area contributed by atoms with Crippen LogP contribution in [0.4, 0.5) is 0 Å². The molecule has 3 unspecified atom stereocenters. The first-order chi connectivity index (χ1) is 5.54. The maximum Gasteiger partial charge on any atom is 0.101 e. The Kier molecular flexibility index (Phi) is 1.74. The van der Waals surface area contributed by atoms with Crippen LogP contribution in [0.3, 0.4) is 0 Å². The number of epoxide rings is 1. The summed E-state index contributed by atoms with van der Waals surface area (Å²) in [5.74, 6) is 0. The highest BCUT2D eigenvalue weighted by atomic mass is 16.6. The molecule has 0 radical (unpaired) electrons. The van der Waals surface area contributed by atoms with Gasteiger partial charge in [-0.3, -0.25) is 4.90 Å². The lowest BCUT2D eigenvalue weighted by Crippen LogP contribution is -2.43. The molecule has 0 N–H and O–H groups in total. The van der Waals surface area contributed by atoms with Gasteiger partial charge in [0.2, 0.25) is 0 Å². The second-order valence-electron chi connectivity index (χ2n) is 5.04. The van der Waals surface area contributed by atoms with E-state index >= 15 is 0 Å². The molecule has 2 heterocycles. The van der Waals surface area contributed by atoms with E-state index < -0.39 is 0 Å². The van der Waals surface area contributed by atoms with E-state index in [0.717, 1.165) is 13.1 Å². The third-order valence-electron chi connectivity index (χ3n) is 3.03. The molecule has 0 aromatic carbocycles. The molecule has 0 bridgehead atoms. The molecule has 2 nitrogen and oxygen atoms in total. The molecule has 2 heteroatoms. The zero-order valence-corrected chi connectivity index (χ0v) is 8.50. The van der Waals surface area contributed by atoms with Gasteiger partial charge in [0.25, 0.3) is 0 Å². The zero-order valence-electron chi connectivity index (χ0n) is 8.50. The Morgan fingerprint density at radius 2 is 2.08 bits per heavy atom. The largest absolute Gasteiger partial charge is 0.366 e. The fourth-order valence-corrected chi connectivity index (χ4v) is 2.50. The fourth-order valence-electron chi connectivity index (χ4n) is 2.50. The van der Waals surface area contributed by atoms with Gasteiger partial charge < -0.3 is 4.74 Å². The standard InChI is InChI=1S/C10H19NO/c1-5-11-6-7-8(12-7)9(11)10(2,3)4/h7-9H,5-6H2,1-4H3. The number of fused-ring (bicyclic) bond motifs is 1. The fraction of sp³-hybridized carbons (Fsp3) is 1.00. The lowest BCUT2D eigenvalue weighted by atomic mass is 9.85. The smallest absolute Gasteiger partial charge is 0.101 e. The first-order valence-corrected chi connectivity index (χ1v) is 4.93. The summed E-state index contributed by atoms with van der Waals surface area (Å²) >= 11 is 0. The van der Waals surface area contributed by atoms with Crippen LogP contribution in [0.25, 0.3) is 0 Å². The zero-order chi connectivity index (χ0) is 8.93. The van der Waals surface area contributed by atoms with Crippen LogP contribution in [0, 0.1) is 5.41 Å². The molecule has 2 saturated heterocycles. The number of likely N-dealkylation sites (N-methyl/N-ethyl adjacent to an activating group) is 1. The summed E-state index contributed by atoms with van der Waals surface area (Å²) < 4.78 is 5.58. The van der Waals surface area contributed by atoms with Gasteiger partial charge in [-0.15, -0.1) is 0 Å². The molecule has 0 saturated carbocycles. The van der Waals surface area contributed by atoms with Gasteiger partial charge in [-0.1, -0.05) is 27.7 Å². The van der Waals surface area contributed by atoms with Crippen molar-refractivity contribution in [3.05, 3.63) is 0 Å². The van der Waals surface area contributed by atoms with Gasteiger partial charge in [-0.05, 0) is 12.0 Å². The van der Waals surface area contributed by atoms with Crippen LogP contribution in [0.15, 0.2) is 0 Å². The van der Waals surface area contributed by atoms with Gasteiger partial charge >= 0.3 is 0 Å². The van der Waals surface area contributed by atoms with Crippen LogP contribution >= 0.6 is 0 Å². The lowest BCUT2D eigenvalue weighted by Gasteiger charge is -2.35. The summed E-state index contributed by atoms with van der Waals surface area (Å²) in [5.41, 5.74) is 0.367. The highest BCUT2D eigenvalue weighted by Crippen LogP contribution is 2.43. The second-order valence-corrected chi connectivity index (χ2v) is 5.04. The number of nitrogens with zero attached hydrogens (tertiary/aromatic N) is 1. The quantitative estimate of drug-likeness (QED) is 0.553. The van der Waals surface area contributed by atoms with Crippen molar-refractivity contribution in [1.29, 1.82) is 0 Å². The summed E-state index contributed by atoms with van der Waals surface area (Å²) in [6, 6.07) is 0.646. The number of rotatable bonds is 1. The van der Waals surface area contributed by atoms with E-state index in [2.05, 4.69) is 32.6 Å². The van der Waals surface area contributed by atoms with E-state index in [4.69, 9.17) is 4.74 Å². The third-order valence-corrected chi connectivity index (χ3v) is 3.03. The number of morpholine rings is 1. The molecule has 3 atom stereocenters. The van der Waals surface area contributed by atoms with Crippen molar-refractivity contribution in [1.82, 2.24) is 4.90 Å². The Balaban J connectivity index is 2.11. The highest BCUT2D eigenvalue weighted by molar-refractivity contribution is 5.08. The van der Waals surface area contributed by atoms with E-state index in [9.17, 15) is 0 Å². The monoisotopic (exact) mass is 169 g/mol. The van der Waals surface area contributed by atoms with Crippen LogP contribution in [-0.4, -0.2) is 36.2 Å². The number of ether oxygens (including phenoxy) is 1. The highest BCUT2D eigenvalue weighted by Gasteiger charge is 2.57. The van der Waals surface area contributed by atoms with Crippen molar-refractivity contribution in [3.63, 3.8) is 0 Å². The Hall–Kier alpha value is -0.0800. The minimum atomic E-state index is 0.367. The van der Waals surface area contributed by atoms with Gasteiger partial charge in [0.15, 0.2) is 0 Å². The van der Waals surface area contributed by atoms with Crippen LogP contribution < -0.4 is 0 Å². The SMILES string of the molecule is CCN1CC2OC2C1C(C)(C)C. The van der Waals surface area contributed by atoms with Gasteiger partial charge in [0, 0.05) is 12.6 Å². The van der Waals surface area contributed by atoms with Crippen molar-refractivity contribution >= 4 is 0 Å². The summed E-state index contributed by atoms with van der Waals surface area (Å²) in [7, 11) is 0. The third kappa shape index (κ3) is 1.17. The van der Waals surface area contributed by atoms with Crippen LogP contribution in [0.5, 0.6) is 0 Å². The van der Waals surface area contributed by atoms with E-state index in [1.807, 2.05) is 0 Å². The molecule has 2 aliphatic heterocycles. The lowest BCUT2D eigenvalue weighted by molar-refractivity contribution is 0.0727. The van der Waals surface area contributed by atoms with Gasteiger partial charge in [0.05, 0.1) is 6.10 Å². The predicted octanol–water partition coefficient (Wildman–Crippen LogP) is 1.50. The minimum Gasteiger partial charge on any atom is -0.366 e. The van der Waals surface area contributed by atoms with Crippen LogP contribution in [0.2, 0.25) is 0 Å². The Morgan fingerprint density at radius 1 is 1.42 bits per heavy atom. The predicted molar refractivity (Wildman–Crippen MR) is 49.2 cm³/mol. The van der Waals surface area contributed by atoms with E-state index in [-0.39, 0.29) is 0 Å². The Morgan fingerprint density at radius 3 is 2.50 bits per heavy atom. The molecule has 0 aliphatic carbocycles. The second kappa shape index (κ2) is 2.46. The van der Waals surface area contributed by atoms with Crippen molar-refractivity contribution in [2.24, 2.45) is 5.41 Å². The first-order valence-electron chi connectivity index (χ1n) is 4.93. The Bertz CT molecular complexity index is 185. The normalized spacial score (nSPS) is 41.5. The topological polar surface area (TPSA) is 15.8 Å².